The third-order valence-corrected chi connectivity index (χ3v) is 2.28. The van der Waals surface area contributed by atoms with Crippen LogP contribution in [0.4, 0.5) is 0 Å². The number of hydrogen-bond acceptors (Lipinski definition) is 6. The topological polar surface area (TPSA) is 86.7 Å². The maximum Gasteiger partial charge on any atom is 0.346 e. The highest BCUT2D eigenvalue weighted by atomic mass is 16.6. The number of fused-ring (bicyclic) bond motifs is 2. The zero-order chi connectivity index (χ0) is 13.1. The van der Waals surface area contributed by atoms with Crippen molar-refractivity contribution in [2.45, 2.75) is 12.8 Å². The fraction of sp³-hybridized carbons (Fsp3) is 0.167. The Hall–Kier alpha value is -2.50. The van der Waals surface area contributed by atoms with Gasteiger partial charge in [-0.3, -0.25) is 9.59 Å². The van der Waals surface area contributed by atoms with Gasteiger partial charge in [0.1, 0.15) is 0 Å². The van der Waals surface area contributed by atoms with Crippen molar-refractivity contribution >= 4 is 23.9 Å². The molecule has 1 fully saturated rings. The molecule has 92 valence electrons. The first-order valence-electron chi connectivity index (χ1n) is 5.16. The van der Waals surface area contributed by atoms with Gasteiger partial charge in [0, 0.05) is 0 Å². The van der Waals surface area contributed by atoms with Crippen LogP contribution < -0.4 is 0 Å². The van der Waals surface area contributed by atoms with Crippen LogP contribution in [-0.2, 0) is 19.1 Å². The second-order valence-corrected chi connectivity index (χ2v) is 3.60. The van der Waals surface area contributed by atoms with Gasteiger partial charge in [0.25, 0.3) is 0 Å². The quantitative estimate of drug-likeness (QED) is 0.499. The van der Waals surface area contributed by atoms with E-state index >= 15 is 0 Å². The first-order valence-corrected chi connectivity index (χ1v) is 5.16. The number of esters is 4. The number of benzene rings is 1. The first kappa shape index (κ1) is 12.0. The van der Waals surface area contributed by atoms with Gasteiger partial charge in [-0.25, -0.2) is 9.59 Å². The van der Waals surface area contributed by atoms with Gasteiger partial charge in [0.2, 0.25) is 0 Å². The summed E-state index contributed by atoms with van der Waals surface area (Å²) in [5, 5.41) is 0. The number of carbonyl (C=O) groups is 4. The molecule has 0 radical (unpaired) electrons. The van der Waals surface area contributed by atoms with Crippen LogP contribution in [0, 0.1) is 0 Å². The van der Waals surface area contributed by atoms with Crippen molar-refractivity contribution in [3.63, 3.8) is 0 Å². The fourth-order valence-corrected chi connectivity index (χ4v) is 1.41. The molecule has 3 rings (SSSR count). The molecule has 0 atom stereocenters. The number of hydrogen-bond donors (Lipinski definition) is 0. The Bertz CT molecular complexity index is 502. The van der Waals surface area contributed by atoms with E-state index in [1.165, 1.54) is 6.07 Å². The van der Waals surface area contributed by atoms with Crippen LogP contribution in [0.25, 0.3) is 0 Å². The lowest BCUT2D eigenvalue weighted by Gasteiger charge is -2.09. The lowest BCUT2D eigenvalue weighted by Crippen LogP contribution is -2.18. The molecule has 18 heavy (non-hydrogen) atoms. The van der Waals surface area contributed by atoms with E-state index in [0.717, 1.165) is 0 Å². The molecule has 1 saturated heterocycles. The Kier molecular flexibility index (Phi) is 3.18. The van der Waals surface area contributed by atoms with Crippen molar-refractivity contribution < 1.29 is 28.7 Å². The first-order chi connectivity index (χ1) is 8.56. The highest BCUT2D eigenvalue weighted by Crippen LogP contribution is 2.14. The molecule has 6 nitrogen and oxygen atoms in total. The zero-order valence-corrected chi connectivity index (χ0v) is 9.17. The molecule has 0 N–H and O–H groups in total. The Morgan fingerprint density at radius 3 is 1.67 bits per heavy atom. The normalized spacial score (nSPS) is 16.7. The number of carbonyl (C=O) groups excluding carboxylic acids is 4. The van der Waals surface area contributed by atoms with Crippen LogP contribution in [0.2, 0.25) is 0 Å². The van der Waals surface area contributed by atoms with Crippen LogP contribution in [0.3, 0.4) is 0 Å². The second kappa shape index (κ2) is 4.79. The van der Waals surface area contributed by atoms with Crippen LogP contribution in [0.15, 0.2) is 24.3 Å². The van der Waals surface area contributed by atoms with E-state index in [0.29, 0.717) is 11.1 Å². The summed E-state index contributed by atoms with van der Waals surface area (Å²) in [6.45, 7) is 0. The van der Waals surface area contributed by atoms with Crippen LogP contribution in [0.5, 0.6) is 0 Å². The average molecular weight is 248 g/mol. The maximum absolute atomic E-state index is 10.8. The summed E-state index contributed by atoms with van der Waals surface area (Å²) < 4.78 is 8.47. The van der Waals surface area contributed by atoms with Crippen molar-refractivity contribution in [1.29, 1.82) is 0 Å². The molecule has 1 aromatic rings. The highest BCUT2D eigenvalue weighted by Gasteiger charge is 2.21. The third kappa shape index (κ3) is 2.60. The predicted octanol–water partition coefficient (Wildman–Crippen LogP) is 0.847. The van der Waals surface area contributed by atoms with E-state index in [1.54, 1.807) is 18.2 Å². The Labute approximate surface area is 101 Å². The molecular weight excluding hydrogens is 240 g/mol. The summed E-state index contributed by atoms with van der Waals surface area (Å²) >= 11 is 0. The minimum Gasteiger partial charge on any atom is -0.393 e. The molecular formula is C12H8O6. The summed E-state index contributed by atoms with van der Waals surface area (Å²) in [5.41, 5.74) is 0.865. The molecule has 1 aromatic carbocycles. The summed E-state index contributed by atoms with van der Waals surface area (Å²) in [6.07, 6.45) is 0.525. The monoisotopic (exact) mass is 248 g/mol. The van der Waals surface area contributed by atoms with Gasteiger partial charge in [0.15, 0.2) is 0 Å². The van der Waals surface area contributed by atoms with Crippen LogP contribution in [-0.4, -0.2) is 23.9 Å². The van der Waals surface area contributed by atoms with E-state index in [9.17, 15) is 19.2 Å². The SMILES string of the molecule is O=C1CCC(=O)O1.O=C1OC(=O)c2cccc1c2. The largest absolute Gasteiger partial charge is 0.393 e. The summed E-state index contributed by atoms with van der Waals surface area (Å²) in [6, 6.07) is 6.40. The maximum atomic E-state index is 10.8. The molecule has 2 heterocycles. The number of ether oxygens (including phenoxy) is 2. The van der Waals surface area contributed by atoms with E-state index in [4.69, 9.17) is 0 Å². The smallest absolute Gasteiger partial charge is 0.346 e. The van der Waals surface area contributed by atoms with Gasteiger partial charge >= 0.3 is 23.9 Å². The van der Waals surface area contributed by atoms with E-state index in [2.05, 4.69) is 9.47 Å². The van der Waals surface area contributed by atoms with Crippen molar-refractivity contribution in [3.8, 4) is 0 Å². The number of cyclic esters (lactones) is 4. The molecule has 6 heteroatoms. The molecule has 0 spiro atoms. The summed E-state index contributed by atoms with van der Waals surface area (Å²) in [5.74, 6) is -1.93. The van der Waals surface area contributed by atoms with Crippen LogP contribution >= 0.6 is 0 Å². The van der Waals surface area contributed by atoms with Crippen molar-refractivity contribution in [3.05, 3.63) is 35.4 Å². The van der Waals surface area contributed by atoms with Crippen molar-refractivity contribution in [2.24, 2.45) is 0 Å². The number of rotatable bonds is 0. The zero-order valence-electron chi connectivity index (χ0n) is 9.17. The van der Waals surface area contributed by atoms with E-state index in [-0.39, 0.29) is 12.8 Å². The molecule has 0 saturated carbocycles. The molecule has 0 aliphatic carbocycles. The minimum atomic E-state index is -0.567. The van der Waals surface area contributed by atoms with Gasteiger partial charge in [-0.05, 0) is 18.2 Å². The third-order valence-electron chi connectivity index (χ3n) is 2.28. The summed E-state index contributed by atoms with van der Waals surface area (Å²) in [7, 11) is 0. The van der Waals surface area contributed by atoms with Gasteiger partial charge in [0.05, 0.1) is 24.0 Å². The minimum absolute atomic E-state index is 0.263. The van der Waals surface area contributed by atoms with Gasteiger partial charge in [-0.15, -0.1) is 0 Å². The van der Waals surface area contributed by atoms with Gasteiger partial charge < -0.3 is 9.47 Å². The lowest BCUT2D eigenvalue weighted by molar-refractivity contribution is -0.151. The van der Waals surface area contributed by atoms with Crippen LogP contribution in [0.1, 0.15) is 33.6 Å². The Balaban J connectivity index is 0.000000149. The van der Waals surface area contributed by atoms with Gasteiger partial charge in [-0.1, -0.05) is 6.07 Å². The van der Waals surface area contributed by atoms with E-state index in [1.807, 2.05) is 0 Å². The average Bonchev–Trinajstić information content (AvgIpc) is 2.72. The standard InChI is InChI=1S/C8H4O3.C4H4O3/c9-7-5-2-1-3-6(4-5)8(10)11-7;5-3-1-2-4(6)7-3/h1-4H;1-2H2. The molecule has 0 aromatic heterocycles. The van der Waals surface area contributed by atoms with Crippen molar-refractivity contribution in [1.82, 2.24) is 0 Å². The molecule has 2 aliphatic heterocycles. The highest BCUT2D eigenvalue weighted by molar-refractivity contribution is 6.07. The molecule has 0 unspecified atom stereocenters. The second-order valence-electron chi connectivity index (χ2n) is 3.60. The molecule has 2 aliphatic rings. The van der Waals surface area contributed by atoms with Gasteiger partial charge in [-0.2, -0.15) is 0 Å². The summed E-state index contributed by atoms with van der Waals surface area (Å²) in [4.78, 5) is 41.7. The predicted molar refractivity (Wildman–Crippen MR) is 56.5 cm³/mol. The fourth-order valence-electron chi connectivity index (χ4n) is 1.41. The molecule has 0 amide bonds. The molecule has 2 bridgehead atoms. The lowest BCUT2D eigenvalue weighted by atomic mass is 10.1. The Morgan fingerprint density at radius 2 is 1.28 bits per heavy atom. The van der Waals surface area contributed by atoms with E-state index < -0.39 is 23.9 Å². The van der Waals surface area contributed by atoms with Crippen molar-refractivity contribution in [2.75, 3.05) is 0 Å². The Morgan fingerprint density at radius 1 is 0.778 bits per heavy atom.